The van der Waals surface area contributed by atoms with Gasteiger partial charge in [-0.05, 0) is 30.3 Å². The first-order valence-electron chi connectivity index (χ1n) is 8.45. The lowest BCUT2D eigenvalue weighted by Gasteiger charge is -2.11. The summed E-state index contributed by atoms with van der Waals surface area (Å²) in [4.78, 5) is 42.1. The van der Waals surface area contributed by atoms with Crippen molar-refractivity contribution in [3.05, 3.63) is 85.9 Å². The number of rotatable bonds is 6. The van der Waals surface area contributed by atoms with Gasteiger partial charge < -0.3 is 19.2 Å². The highest BCUT2D eigenvalue weighted by atomic mass is 35.5. The zero-order valence-corrected chi connectivity index (χ0v) is 17.0. The van der Waals surface area contributed by atoms with Gasteiger partial charge in [-0.1, -0.05) is 29.3 Å². The number of carbonyl (C=O) groups is 2. The fourth-order valence-corrected chi connectivity index (χ4v) is 2.73. The molecule has 0 atom stereocenters. The third kappa shape index (κ3) is 5.16. The minimum atomic E-state index is -0.876. The first-order valence-corrected chi connectivity index (χ1v) is 9.20. The molecule has 0 spiro atoms. The highest BCUT2D eigenvalue weighted by molar-refractivity contribution is 6.33. The summed E-state index contributed by atoms with van der Waals surface area (Å²) in [6, 6.07) is 11.7. The standard InChI is InChI=1S/C20H14Cl2N2O6/c1-28-20(27)18-15(30-19(26)14-3-2-4-16(25)23-14)7-8-17(24-18)29-10-11-9-12(21)5-6-13(11)22/h2-9H,10H2,1H3,(H,23,25). The van der Waals surface area contributed by atoms with Crippen molar-refractivity contribution in [1.29, 1.82) is 0 Å². The third-order valence-electron chi connectivity index (χ3n) is 3.79. The quantitative estimate of drug-likeness (QED) is 0.573. The summed E-state index contributed by atoms with van der Waals surface area (Å²) in [6.07, 6.45) is 0. The lowest BCUT2D eigenvalue weighted by Crippen LogP contribution is -2.18. The minimum absolute atomic E-state index is 0.0391. The van der Waals surface area contributed by atoms with Crippen LogP contribution in [0.5, 0.6) is 11.6 Å². The number of ether oxygens (including phenoxy) is 3. The highest BCUT2D eigenvalue weighted by Gasteiger charge is 2.20. The molecular formula is C20H14Cl2N2O6. The van der Waals surface area contributed by atoms with Crippen molar-refractivity contribution < 1.29 is 23.8 Å². The number of nitrogens with zero attached hydrogens (tertiary/aromatic N) is 1. The number of pyridine rings is 2. The summed E-state index contributed by atoms with van der Waals surface area (Å²) < 4.78 is 15.5. The molecule has 0 aliphatic heterocycles. The van der Waals surface area contributed by atoms with Gasteiger partial charge >= 0.3 is 11.9 Å². The molecule has 2 aromatic heterocycles. The number of aromatic nitrogens is 2. The molecule has 1 aromatic carbocycles. The number of nitrogens with one attached hydrogen (secondary N) is 1. The fraction of sp³-hybridized carbons (Fsp3) is 0.100. The number of hydrogen-bond acceptors (Lipinski definition) is 7. The highest BCUT2D eigenvalue weighted by Crippen LogP contribution is 2.25. The van der Waals surface area contributed by atoms with E-state index >= 15 is 0 Å². The van der Waals surface area contributed by atoms with Crippen LogP contribution in [0.15, 0.2) is 53.3 Å². The summed E-state index contributed by atoms with van der Waals surface area (Å²) in [7, 11) is 1.16. The van der Waals surface area contributed by atoms with Crippen molar-refractivity contribution in [3.8, 4) is 11.6 Å². The van der Waals surface area contributed by atoms with Crippen molar-refractivity contribution in [2.24, 2.45) is 0 Å². The Hall–Kier alpha value is -3.36. The summed E-state index contributed by atoms with van der Waals surface area (Å²) in [5.41, 5.74) is -0.221. The minimum Gasteiger partial charge on any atom is -0.473 e. The van der Waals surface area contributed by atoms with E-state index in [-0.39, 0.29) is 29.6 Å². The second kappa shape index (κ2) is 9.43. The molecule has 10 heteroatoms. The van der Waals surface area contributed by atoms with Crippen molar-refractivity contribution >= 4 is 35.1 Å². The monoisotopic (exact) mass is 448 g/mol. The van der Waals surface area contributed by atoms with Crippen LogP contribution in [0.2, 0.25) is 10.0 Å². The molecule has 3 rings (SSSR count). The maximum absolute atomic E-state index is 12.3. The first kappa shape index (κ1) is 21.4. The van der Waals surface area contributed by atoms with Gasteiger partial charge in [0.1, 0.15) is 12.3 Å². The second-order valence-corrected chi connectivity index (χ2v) is 6.67. The van der Waals surface area contributed by atoms with E-state index in [9.17, 15) is 14.4 Å². The summed E-state index contributed by atoms with van der Waals surface area (Å²) in [5.74, 6) is -1.81. The Labute approximate surface area is 180 Å². The molecule has 154 valence electrons. The van der Waals surface area contributed by atoms with Gasteiger partial charge in [-0.2, -0.15) is 0 Å². The number of halogens is 2. The molecule has 0 bridgehead atoms. The number of H-pyrrole nitrogens is 1. The Morgan fingerprint density at radius 3 is 2.60 bits per heavy atom. The van der Waals surface area contributed by atoms with E-state index in [0.717, 1.165) is 7.11 Å². The predicted octanol–water partition coefficient (Wildman–Crippen LogP) is 3.66. The smallest absolute Gasteiger partial charge is 0.360 e. The lowest BCUT2D eigenvalue weighted by molar-refractivity contribution is 0.0583. The van der Waals surface area contributed by atoms with E-state index in [0.29, 0.717) is 15.6 Å². The van der Waals surface area contributed by atoms with E-state index in [4.69, 9.17) is 37.4 Å². The second-order valence-electron chi connectivity index (χ2n) is 5.83. The van der Waals surface area contributed by atoms with E-state index in [1.165, 1.54) is 30.3 Å². The molecular weight excluding hydrogens is 435 g/mol. The largest absolute Gasteiger partial charge is 0.473 e. The van der Waals surface area contributed by atoms with E-state index in [1.54, 1.807) is 18.2 Å². The first-order chi connectivity index (χ1) is 14.4. The van der Waals surface area contributed by atoms with Gasteiger partial charge in [-0.25, -0.2) is 14.6 Å². The predicted molar refractivity (Wildman–Crippen MR) is 108 cm³/mol. The zero-order chi connectivity index (χ0) is 21.7. The Morgan fingerprint density at radius 2 is 1.87 bits per heavy atom. The molecule has 0 aliphatic rings. The van der Waals surface area contributed by atoms with Gasteiger partial charge in [0.25, 0.3) is 0 Å². The van der Waals surface area contributed by atoms with Gasteiger partial charge in [0.2, 0.25) is 11.4 Å². The Morgan fingerprint density at radius 1 is 1.07 bits per heavy atom. The van der Waals surface area contributed by atoms with Crippen LogP contribution in [0, 0.1) is 0 Å². The van der Waals surface area contributed by atoms with Gasteiger partial charge in [-0.3, -0.25) is 4.79 Å². The molecule has 3 aromatic rings. The van der Waals surface area contributed by atoms with Crippen LogP contribution in [0.25, 0.3) is 0 Å². The number of esters is 2. The number of hydrogen-bond donors (Lipinski definition) is 1. The van der Waals surface area contributed by atoms with Crippen LogP contribution < -0.4 is 15.0 Å². The van der Waals surface area contributed by atoms with Crippen LogP contribution in [-0.4, -0.2) is 29.0 Å². The van der Waals surface area contributed by atoms with Crippen LogP contribution >= 0.6 is 23.2 Å². The van der Waals surface area contributed by atoms with Crippen LogP contribution in [0.4, 0.5) is 0 Å². The summed E-state index contributed by atoms with van der Waals surface area (Å²) in [5, 5.41) is 0.942. The topological polar surface area (TPSA) is 108 Å². The van der Waals surface area contributed by atoms with E-state index in [1.807, 2.05) is 0 Å². The van der Waals surface area contributed by atoms with Crippen LogP contribution in [0.1, 0.15) is 26.5 Å². The molecule has 0 fully saturated rings. The average Bonchev–Trinajstić information content (AvgIpc) is 2.74. The van der Waals surface area contributed by atoms with Crippen molar-refractivity contribution in [2.75, 3.05) is 7.11 Å². The Kier molecular flexibility index (Phi) is 6.71. The van der Waals surface area contributed by atoms with Crippen molar-refractivity contribution in [2.45, 2.75) is 6.61 Å². The number of benzene rings is 1. The lowest BCUT2D eigenvalue weighted by atomic mass is 10.2. The summed E-state index contributed by atoms with van der Waals surface area (Å²) in [6.45, 7) is 0.0391. The molecule has 30 heavy (non-hydrogen) atoms. The molecule has 0 saturated heterocycles. The summed E-state index contributed by atoms with van der Waals surface area (Å²) >= 11 is 12.1. The van der Waals surface area contributed by atoms with Gasteiger partial charge in [0, 0.05) is 27.7 Å². The molecule has 0 aliphatic carbocycles. The fourth-order valence-electron chi connectivity index (χ4n) is 2.36. The SMILES string of the molecule is COC(=O)c1nc(OCc2cc(Cl)ccc2Cl)ccc1OC(=O)c1cccc(=O)[nH]1. The maximum atomic E-state index is 12.3. The molecule has 0 unspecified atom stereocenters. The zero-order valence-electron chi connectivity index (χ0n) is 15.5. The van der Waals surface area contributed by atoms with Crippen LogP contribution in [0.3, 0.4) is 0 Å². The molecule has 0 saturated carbocycles. The van der Waals surface area contributed by atoms with E-state index < -0.39 is 17.5 Å². The Balaban J connectivity index is 1.83. The molecule has 8 nitrogen and oxygen atoms in total. The molecule has 1 N–H and O–H groups in total. The molecule has 2 heterocycles. The average molecular weight is 449 g/mol. The van der Waals surface area contributed by atoms with Crippen molar-refractivity contribution in [1.82, 2.24) is 9.97 Å². The van der Waals surface area contributed by atoms with Crippen molar-refractivity contribution in [3.63, 3.8) is 0 Å². The van der Waals surface area contributed by atoms with E-state index in [2.05, 4.69) is 9.97 Å². The third-order valence-corrected chi connectivity index (χ3v) is 4.39. The number of aromatic amines is 1. The normalized spacial score (nSPS) is 10.4. The molecule has 0 amide bonds. The molecule has 0 radical (unpaired) electrons. The van der Waals surface area contributed by atoms with Gasteiger partial charge in [-0.15, -0.1) is 0 Å². The number of carbonyl (C=O) groups excluding carboxylic acids is 2. The van der Waals surface area contributed by atoms with Gasteiger partial charge in [0.15, 0.2) is 11.4 Å². The Bertz CT molecular complexity index is 1160. The van der Waals surface area contributed by atoms with Crippen LogP contribution in [-0.2, 0) is 11.3 Å². The number of methoxy groups -OCH3 is 1. The maximum Gasteiger partial charge on any atom is 0.360 e. The van der Waals surface area contributed by atoms with Gasteiger partial charge in [0.05, 0.1) is 7.11 Å².